The van der Waals surface area contributed by atoms with E-state index in [2.05, 4.69) is 10.0 Å². The maximum absolute atomic E-state index is 12.9. The topological polar surface area (TPSA) is 93.7 Å². The summed E-state index contributed by atoms with van der Waals surface area (Å²) in [4.78, 5) is 12.5. The lowest BCUT2D eigenvalue weighted by Gasteiger charge is -2.14. The molecule has 0 unspecified atom stereocenters. The van der Waals surface area contributed by atoms with Crippen molar-refractivity contribution in [1.82, 2.24) is 0 Å². The van der Waals surface area contributed by atoms with Gasteiger partial charge in [0.15, 0.2) is 0 Å². The molecule has 7 nitrogen and oxygen atoms in total. The fourth-order valence-electron chi connectivity index (χ4n) is 2.78. The number of hydrogen-bond acceptors (Lipinski definition) is 5. The van der Waals surface area contributed by atoms with Gasteiger partial charge in [-0.3, -0.25) is 9.52 Å². The molecule has 9 heteroatoms. The van der Waals surface area contributed by atoms with Crippen LogP contribution in [-0.4, -0.2) is 28.0 Å². The van der Waals surface area contributed by atoms with Crippen molar-refractivity contribution in [2.45, 2.75) is 11.8 Å². The van der Waals surface area contributed by atoms with Crippen molar-refractivity contribution in [3.63, 3.8) is 0 Å². The quantitative estimate of drug-likeness (QED) is 0.503. The van der Waals surface area contributed by atoms with Crippen molar-refractivity contribution in [2.75, 3.05) is 23.8 Å². The Morgan fingerprint density at radius 1 is 1.03 bits per heavy atom. The first-order valence-corrected chi connectivity index (χ1v) is 11.2. The molecule has 31 heavy (non-hydrogen) atoms. The van der Waals surface area contributed by atoms with Crippen molar-refractivity contribution >= 4 is 38.9 Å². The normalized spacial score (nSPS) is 10.9. The molecular weight excluding hydrogens is 440 g/mol. The van der Waals surface area contributed by atoms with Gasteiger partial charge < -0.3 is 14.8 Å². The highest BCUT2D eigenvalue weighted by Gasteiger charge is 2.18. The summed E-state index contributed by atoms with van der Waals surface area (Å²) in [6.07, 6.45) is 0. The van der Waals surface area contributed by atoms with Gasteiger partial charge in [0.05, 0.1) is 24.3 Å². The third-order valence-corrected chi connectivity index (χ3v) is 5.85. The van der Waals surface area contributed by atoms with E-state index in [-0.39, 0.29) is 10.6 Å². The van der Waals surface area contributed by atoms with E-state index in [0.717, 1.165) is 0 Å². The number of halogens is 1. The van der Waals surface area contributed by atoms with Crippen molar-refractivity contribution in [2.24, 2.45) is 0 Å². The highest BCUT2D eigenvalue weighted by Crippen LogP contribution is 2.29. The van der Waals surface area contributed by atoms with Gasteiger partial charge in [0.1, 0.15) is 11.5 Å². The summed E-state index contributed by atoms with van der Waals surface area (Å²) in [5, 5.41) is 3.08. The van der Waals surface area contributed by atoms with Crippen LogP contribution >= 0.6 is 11.6 Å². The highest BCUT2D eigenvalue weighted by atomic mass is 35.5. The Kier molecular flexibility index (Phi) is 7.04. The van der Waals surface area contributed by atoms with Crippen LogP contribution in [0.3, 0.4) is 0 Å². The van der Waals surface area contributed by atoms with Crippen LogP contribution in [-0.2, 0) is 10.0 Å². The number of amides is 1. The van der Waals surface area contributed by atoms with E-state index in [9.17, 15) is 13.2 Å². The first kappa shape index (κ1) is 22.5. The average molecular weight is 461 g/mol. The van der Waals surface area contributed by atoms with Crippen molar-refractivity contribution in [1.29, 1.82) is 0 Å². The molecule has 1 amide bonds. The van der Waals surface area contributed by atoms with Gasteiger partial charge in [-0.05, 0) is 67.6 Å². The second-order valence-electron chi connectivity index (χ2n) is 6.39. The van der Waals surface area contributed by atoms with Crippen LogP contribution in [0.2, 0.25) is 5.02 Å². The molecule has 0 atom stereocenters. The molecule has 162 valence electrons. The Hall–Kier alpha value is -3.23. The predicted molar refractivity (Wildman–Crippen MR) is 121 cm³/mol. The number of ether oxygens (including phenoxy) is 2. The number of nitrogens with one attached hydrogen (secondary N) is 2. The Labute approximate surface area is 186 Å². The zero-order valence-corrected chi connectivity index (χ0v) is 18.5. The SMILES string of the molecule is CCOc1ccc(NS(=O)(=O)c2ccc(OC)c(NC(=O)c3cccc(Cl)c3)c2)cc1. The number of anilines is 2. The fraction of sp³-hybridized carbons (Fsp3) is 0.136. The number of carbonyl (C=O) groups excluding carboxylic acids is 1. The number of carbonyl (C=O) groups is 1. The van der Waals surface area contributed by atoms with Gasteiger partial charge >= 0.3 is 0 Å². The van der Waals surface area contributed by atoms with E-state index < -0.39 is 15.9 Å². The molecule has 0 radical (unpaired) electrons. The van der Waals surface area contributed by atoms with Crippen LogP contribution in [0.5, 0.6) is 11.5 Å². The van der Waals surface area contributed by atoms with Crippen LogP contribution in [0, 0.1) is 0 Å². The number of methoxy groups -OCH3 is 1. The van der Waals surface area contributed by atoms with Gasteiger partial charge in [0.25, 0.3) is 15.9 Å². The maximum atomic E-state index is 12.9. The minimum atomic E-state index is -3.91. The monoisotopic (exact) mass is 460 g/mol. The molecule has 3 aromatic carbocycles. The zero-order chi connectivity index (χ0) is 22.4. The molecule has 3 rings (SSSR count). The third kappa shape index (κ3) is 5.68. The number of rotatable bonds is 8. The standard InChI is InChI=1S/C22H21ClN2O5S/c1-3-30-18-9-7-17(8-10-18)25-31(27,28)19-11-12-21(29-2)20(14-19)24-22(26)15-5-4-6-16(23)13-15/h4-14,25H,3H2,1-2H3,(H,24,26). The van der Waals surface area contributed by atoms with E-state index in [1.807, 2.05) is 6.92 Å². The Balaban J connectivity index is 1.85. The number of sulfonamides is 1. The van der Waals surface area contributed by atoms with Gasteiger partial charge in [-0.2, -0.15) is 0 Å². The molecule has 0 bridgehead atoms. The van der Waals surface area contributed by atoms with E-state index in [1.54, 1.807) is 42.5 Å². The summed E-state index contributed by atoms with van der Waals surface area (Å²) in [6.45, 7) is 2.38. The third-order valence-electron chi connectivity index (χ3n) is 4.23. The largest absolute Gasteiger partial charge is 0.495 e. The van der Waals surface area contributed by atoms with Gasteiger partial charge in [-0.1, -0.05) is 17.7 Å². The molecule has 0 spiro atoms. The van der Waals surface area contributed by atoms with Gasteiger partial charge in [0.2, 0.25) is 0 Å². The first-order chi connectivity index (χ1) is 14.8. The lowest BCUT2D eigenvalue weighted by molar-refractivity contribution is 0.102. The fourth-order valence-corrected chi connectivity index (χ4v) is 4.05. The molecule has 0 aliphatic heterocycles. The van der Waals surface area contributed by atoms with Crippen LogP contribution in [0.25, 0.3) is 0 Å². The minimum Gasteiger partial charge on any atom is -0.495 e. The van der Waals surface area contributed by atoms with Gasteiger partial charge in [-0.25, -0.2) is 8.42 Å². The van der Waals surface area contributed by atoms with Crippen molar-refractivity contribution < 1.29 is 22.7 Å². The number of benzene rings is 3. The summed E-state index contributed by atoms with van der Waals surface area (Å²) >= 11 is 5.94. The molecule has 0 aliphatic carbocycles. The molecule has 0 aliphatic rings. The van der Waals surface area contributed by atoms with Crippen molar-refractivity contribution in [3.8, 4) is 11.5 Å². The van der Waals surface area contributed by atoms with Crippen molar-refractivity contribution in [3.05, 3.63) is 77.3 Å². The van der Waals surface area contributed by atoms with E-state index in [1.165, 1.54) is 31.4 Å². The molecule has 0 fully saturated rings. The highest BCUT2D eigenvalue weighted by molar-refractivity contribution is 7.92. The minimum absolute atomic E-state index is 0.0384. The second kappa shape index (κ2) is 9.72. The van der Waals surface area contributed by atoms with Gasteiger partial charge in [0, 0.05) is 16.3 Å². The Bertz CT molecular complexity index is 1180. The zero-order valence-electron chi connectivity index (χ0n) is 16.9. The van der Waals surface area contributed by atoms with E-state index >= 15 is 0 Å². The summed E-state index contributed by atoms with van der Waals surface area (Å²) in [6, 6.07) is 17.2. The summed E-state index contributed by atoms with van der Waals surface area (Å²) in [5.41, 5.74) is 0.918. The van der Waals surface area contributed by atoms with Gasteiger partial charge in [-0.15, -0.1) is 0 Å². The number of hydrogen-bond donors (Lipinski definition) is 2. The Morgan fingerprint density at radius 3 is 2.42 bits per heavy atom. The molecule has 3 aromatic rings. The summed E-state index contributed by atoms with van der Waals surface area (Å²) < 4.78 is 38.8. The molecule has 0 saturated carbocycles. The van der Waals surface area contributed by atoms with Crippen LogP contribution < -0.4 is 19.5 Å². The summed E-state index contributed by atoms with van der Waals surface area (Å²) in [7, 11) is -2.48. The maximum Gasteiger partial charge on any atom is 0.261 e. The summed E-state index contributed by atoms with van der Waals surface area (Å²) in [5.74, 6) is 0.506. The molecule has 0 saturated heterocycles. The van der Waals surface area contributed by atoms with Crippen LogP contribution in [0.15, 0.2) is 71.6 Å². The van der Waals surface area contributed by atoms with E-state index in [0.29, 0.717) is 34.4 Å². The Morgan fingerprint density at radius 2 is 1.77 bits per heavy atom. The molecule has 0 heterocycles. The first-order valence-electron chi connectivity index (χ1n) is 9.33. The lowest BCUT2D eigenvalue weighted by Crippen LogP contribution is -2.15. The predicted octanol–water partition coefficient (Wildman–Crippen LogP) is 4.80. The molecular formula is C22H21ClN2O5S. The van der Waals surface area contributed by atoms with Crippen LogP contribution in [0.1, 0.15) is 17.3 Å². The van der Waals surface area contributed by atoms with Crippen LogP contribution in [0.4, 0.5) is 11.4 Å². The second-order valence-corrected chi connectivity index (χ2v) is 8.51. The molecule has 2 N–H and O–H groups in total. The lowest BCUT2D eigenvalue weighted by atomic mass is 10.2. The van der Waals surface area contributed by atoms with E-state index in [4.69, 9.17) is 21.1 Å². The average Bonchev–Trinajstić information content (AvgIpc) is 2.75. The smallest absolute Gasteiger partial charge is 0.261 e. The molecule has 0 aromatic heterocycles.